The Bertz CT molecular complexity index is 1200. The first kappa shape index (κ1) is 18.4. The molecule has 1 aromatic carbocycles. The molecule has 0 radical (unpaired) electrons. The highest BCUT2D eigenvalue weighted by Crippen LogP contribution is 2.37. The Hall–Kier alpha value is -3.92. The number of amides is 1. The number of pyridine rings is 1. The lowest BCUT2D eigenvalue weighted by Gasteiger charge is -2.16. The molecule has 1 amide bonds. The first-order valence-electron chi connectivity index (χ1n) is 8.22. The van der Waals surface area contributed by atoms with Crippen LogP contribution in [0.15, 0.2) is 42.6 Å². The smallest absolute Gasteiger partial charge is 0.325 e. The lowest BCUT2D eigenvalue weighted by atomic mass is 9.89. The van der Waals surface area contributed by atoms with Crippen LogP contribution in [0.25, 0.3) is 0 Å². The van der Waals surface area contributed by atoms with E-state index in [-0.39, 0.29) is 32.3 Å². The molecule has 4 rings (SSSR count). The summed E-state index contributed by atoms with van der Waals surface area (Å²) in [4.78, 5) is 52.7. The normalized spacial score (nSPS) is 12.2. The average Bonchev–Trinajstić information content (AvgIpc) is 3.18. The van der Waals surface area contributed by atoms with E-state index in [0.717, 1.165) is 6.07 Å². The van der Waals surface area contributed by atoms with Gasteiger partial charge in [-0.2, -0.15) is 0 Å². The average molecular weight is 409 g/mol. The number of carbonyl (C=O) groups excluding carboxylic acids is 3. The topological polar surface area (TPSA) is 128 Å². The molecule has 9 nitrogen and oxygen atoms in total. The van der Waals surface area contributed by atoms with Crippen LogP contribution in [0.3, 0.4) is 0 Å². The molecule has 2 heterocycles. The molecular weight excluding hydrogens is 398 g/mol. The molecule has 0 saturated heterocycles. The Morgan fingerprint density at radius 3 is 2.55 bits per heavy atom. The third-order valence-electron chi connectivity index (χ3n) is 4.34. The molecular formula is C19H11N3O6S. The maximum atomic E-state index is 12.9. The van der Waals surface area contributed by atoms with Gasteiger partial charge < -0.3 is 10.1 Å². The number of fused-ring (bicyclic) bond motifs is 2. The number of nitrogens with zero attached hydrogens (tertiary/aromatic N) is 2. The highest BCUT2D eigenvalue weighted by atomic mass is 32.1. The third kappa shape index (κ3) is 3.05. The number of rotatable bonds is 4. The van der Waals surface area contributed by atoms with E-state index in [9.17, 15) is 24.5 Å². The van der Waals surface area contributed by atoms with Crippen LogP contribution in [-0.2, 0) is 0 Å². The number of aromatic nitrogens is 1. The molecule has 0 spiro atoms. The van der Waals surface area contributed by atoms with Crippen LogP contribution >= 0.6 is 11.3 Å². The van der Waals surface area contributed by atoms with Gasteiger partial charge in [0.25, 0.3) is 5.91 Å². The molecule has 29 heavy (non-hydrogen) atoms. The fourth-order valence-corrected chi connectivity index (χ4v) is 3.89. The molecule has 10 heteroatoms. The Morgan fingerprint density at radius 1 is 1.17 bits per heavy atom. The van der Waals surface area contributed by atoms with Crippen LogP contribution in [0.2, 0.25) is 0 Å². The minimum Gasteiger partial charge on any atom is -0.497 e. The number of hydrogen-bond donors (Lipinski definition) is 1. The summed E-state index contributed by atoms with van der Waals surface area (Å²) in [6, 6.07) is 8.95. The van der Waals surface area contributed by atoms with Crippen LogP contribution < -0.4 is 10.1 Å². The van der Waals surface area contributed by atoms with Gasteiger partial charge in [0, 0.05) is 18.0 Å². The van der Waals surface area contributed by atoms with Crippen molar-refractivity contribution in [1.29, 1.82) is 0 Å². The predicted octanol–water partition coefficient (Wildman–Crippen LogP) is 3.09. The number of benzene rings is 1. The Kier molecular flexibility index (Phi) is 4.40. The number of hydrogen-bond acceptors (Lipinski definition) is 8. The first-order valence-corrected chi connectivity index (χ1v) is 9.04. The summed E-state index contributed by atoms with van der Waals surface area (Å²) in [5.41, 5.74) is -0.000908. The van der Waals surface area contributed by atoms with E-state index in [1.807, 2.05) is 0 Å². The Morgan fingerprint density at radius 2 is 1.90 bits per heavy atom. The standard InChI is InChI=1S/C19H11N3O6S/c1-28-10-4-2-9(3-5-10)21-19(25)11-6-7-20-15-14(11)17(24)18-12(16(15)23)8-13(29-18)22(26)27/h2-8H,1H3,(H,21,25). The van der Waals surface area contributed by atoms with Crippen molar-refractivity contribution in [2.75, 3.05) is 12.4 Å². The number of thiophene rings is 1. The lowest BCUT2D eigenvalue weighted by molar-refractivity contribution is -0.380. The van der Waals surface area contributed by atoms with Gasteiger partial charge in [0.2, 0.25) is 11.6 Å². The number of ketones is 2. The molecule has 1 N–H and O–H groups in total. The van der Waals surface area contributed by atoms with Gasteiger partial charge in [-0.1, -0.05) is 11.3 Å². The Balaban J connectivity index is 1.74. The van der Waals surface area contributed by atoms with Crippen molar-refractivity contribution in [3.05, 3.63) is 80.0 Å². The zero-order chi connectivity index (χ0) is 20.7. The van der Waals surface area contributed by atoms with Crippen LogP contribution in [0.4, 0.5) is 10.7 Å². The summed E-state index contributed by atoms with van der Waals surface area (Å²) in [6.45, 7) is 0. The number of carbonyl (C=O) groups is 3. The second-order valence-electron chi connectivity index (χ2n) is 6.01. The molecule has 0 unspecified atom stereocenters. The van der Waals surface area contributed by atoms with Crippen molar-refractivity contribution >= 4 is 39.5 Å². The molecule has 1 aliphatic rings. The second kappa shape index (κ2) is 6.91. The van der Waals surface area contributed by atoms with Gasteiger partial charge in [0.1, 0.15) is 11.4 Å². The number of ether oxygens (including phenoxy) is 1. The van der Waals surface area contributed by atoms with Gasteiger partial charge in [-0.3, -0.25) is 29.5 Å². The van der Waals surface area contributed by atoms with Crippen LogP contribution in [0.5, 0.6) is 5.75 Å². The van der Waals surface area contributed by atoms with E-state index in [4.69, 9.17) is 4.74 Å². The molecule has 0 saturated carbocycles. The summed E-state index contributed by atoms with van der Waals surface area (Å²) in [7, 11) is 1.52. The second-order valence-corrected chi connectivity index (χ2v) is 7.04. The highest BCUT2D eigenvalue weighted by Gasteiger charge is 2.38. The van der Waals surface area contributed by atoms with Crippen LogP contribution in [-0.4, -0.2) is 34.5 Å². The van der Waals surface area contributed by atoms with Gasteiger partial charge >= 0.3 is 5.00 Å². The first-order chi connectivity index (χ1) is 13.9. The minimum atomic E-state index is -0.668. The lowest BCUT2D eigenvalue weighted by Crippen LogP contribution is -2.25. The Labute approximate surface area is 167 Å². The number of methoxy groups -OCH3 is 1. The molecule has 3 aromatic rings. The number of nitrogens with one attached hydrogen (secondary N) is 1. The van der Waals surface area contributed by atoms with Crippen LogP contribution in [0, 0.1) is 10.1 Å². The summed E-state index contributed by atoms with van der Waals surface area (Å²) in [5, 5.41) is 13.4. The molecule has 0 fully saturated rings. The summed E-state index contributed by atoms with van der Waals surface area (Å²) in [5.74, 6) is -1.26. The fourth-order valence-electron chi connectivity index (χ4n) is 2.97. The molecule has 1 aliphatic carbocycles. The third-order valence-corrected chi connectivity index (χ3v) is 5.42. The molecule has 0 bridgehead atoms. The quantitative estimate of drug-likeness (QED) is 0.405. The van der Waals surface area contributed by atoms with Crippen LogP contribution in [0.1, 0.15) is 41.6 Å². The van der Waals surface area contributed by atoms with Crippen molar-refractivity contribution in [1.82, 2.24) is 4.98 Å². The van der Waals surface area contributed by atoms with Crippen molar-refractivity contribution < 1.29 is 24.0 Å². The molecule has 0 aliphatic heterocycles. The maximum absolute atomic E-state index is 12.9. The number of nitro groups is 1. The summed E-state index contributed by atoms with van der Waals surface area (Å²) >= 11 is 0.605. The van der Waals surface area contributed by atoms with Crippen molar-refractivity contribution in [3.63, 3.8) is 0 Å². The van der Waals surface area contributed by atoms with E-state index in [1.54, 1.807) is 24.3 Å². The van der Waals surface area contributed by atoms with Gasteiger partial charge in [0.15, 0.2) is 0 Å². The van der Waals surface area contributed by atoms with Gasteiger partial charge in [-0.15, -0.1) is 0 Å². The van der Waals surface area contributed by atoms with E-state index >= 15 is 0 Å². The zero-order valence-corrected chi connectivity index (χ0v) is 15.6. The highest BCUT2D eigenvalue weighted by molar-refractivity contribution is 7.18. The predicted molar refractivity (Wildman–Crippen MR) is 103 cm³/mol. The molecule has 2 aromatic heterocycles. The molecule has 144 valence electrons. The molecule has 0 atom stereocenters. The monoisotopic (exact) mass is 409 g/mol. The fraction of sp³-hybridized carbons (Fsp3) is 0.0526. The SMILES string of the molecule is COc1ccc(NC(=O)c2ccnc3c2C(=O)c2sc([N+](=O)[O-])cc2C3=O)cc1. The van der Waals surface area contributed by atoms with E-state index in [0.29, 0.717) is 22.8 Å². The van der Waals surface area contributed by atoms with Gasteiger partial charge in [-0.05, 0) is 30.3 Å². The summed E-state index contributed by atoms with van der Waals surface area (Å²) < 4.78 is 5.06. The van der Waals surface area contributed by atoms with Crippen molar-refractivity contribution in [3.8, 4) is 5.75 Å². The van der Waals surface area contributed by atoms with E-state index in [1.165, 1.54) is 19.4 Å². The van der Waals surface area contributed by atoms with Crippen molar-refractivity contribution in [2.24, 2.45) is 0 Å². The van der Waals surface area contributed by atoms with Crippen molar-refractivity contribution in [2.45, 2.75) is 0 Å². The summed E-state index contributed by atoms with van der Waals surface area (Å²) in [6.07, 6.45) is 1.25. The number of anilines is 1. The largest absolute Gasteiger partial charge is 0.497 e. The zero-order valence-electron chi connectivity index (χ0n) is 14.8. The van der Waals surface area contributed by atoms with Gasteiger partial charge in [0.05, 0.1) is 33.6 Å². The minimum absolute atomic E-state index is 0.0362. The maximum Gasteiger partial charge on any atom is 0.325 e. The van der Waals surface area contributed by atoms with Gasteiger partial charge in [-0.25, -0.2) is 0 Å². The van der Waals surface area contributed by atoms with E-state index in [2.05, 4.69) is 10.3 Å². The van der Waals surface area contributed by atoms with E-state index < -0.39 is 22.4 Å².